The molecule has 0 aliphatic carbocycles. The lowest BCUT2D eigenvalue weighted by Crippen LogP contribution is -2.54. The van der Waals surface area contributed by atoms with Gasteiger partial charge in [-0.3, -0.25) is 14.5 Å². The molecule has 0 bridgehead atoms. The summed E-state index contributed by atoms with van der Waals surface area (Å²) in [5, 5.41) is 0. The van der Waals surface area contributed by atoms with Crippen molar-refractivity contribution in [2.45, 2.75) is 18.9 Å². The molecule has 0 saturated carbocycles. The van der Waals surface area contributed by atoms with E-state index >= 15 is 0 Å². The number of nitrogen functional groups attached to an aromatic ring is 1. The molecule has 2 aromatic rings. The number of amides is 2. The van der Waals surface area contributed by atoms with Crippen LogP contribution in [0.15, 0.2) is 54.6 Å². The Bertz CT molecular complexity index is 829. The first-order valence-electron chi connectivity index (χ1n) is 9.84. The number of hydrogen-bond acceptors (Lipinski definition) is 4. The van der Waals surface area contributed by atoms with Crippen LogP contribution in [0.4, 0.5) is 11.4 Å². The van der Waals surface area contributed by atoms with Crippen molar-refractivity contribution in [2.75, 3.05) is 43.4 Å². The molecule has 146 valence electrons. The fourth-order valence-corrected chi connectivity index (χ4v) is 4.07. The number of nitrogens with two attached hydrogens (primary N) is 1. The monoisotopic (exact) mass is 378 g/mol. The second-order valence-corrected chi connectivity index (χ2v) is 7.47. The number of para-hydroxylation sites is 1. The number of nitrogens with zero attached hydrogens (tertiary/aromatic N) is 3. The normalized spacial score (nSPS) is 20.6. The Morgan fingerprint density at radius 3 is 2.29 bits per heavy atom. The zero-order chi connectivity index (χ0) is 19.5. The van der Waals surface area contributed by atoms with E-state index in [1.165, 1.54) is 0 Å². The largest absolute Gasteiger partial charge is 0.399 e. The first kappa shape index (κ1) is 18.5. The maximum atomic E-state index is 12.9. The molecular formula is C22H26N4O2. The van der Waals surface area contributed by atoms with E-state index in [4.69, 9.17) is 5.73 Å². The highest BCUT2D eigenvalue weighted by Gasteiger charge is 2.38. The van der Waals surface area contributed by atoms with Crippen molar-refractivity contribution in [3.8, 4) is 0 Å². The van der Waals surface area contributed by atoms with Gasteiger partial charge in [-0.2, -0.15) is 0 Å². The first-order valence-corrected chi connectivity index (χ1v) is 9.84. The van der Waals surface area contributed by atoms with E-state index in [1.807, 2.05) is 64.4 Å². The van der Waals surface area contributed by atoms with E-state index in [-0.39, 0.29) is 17.9 Å². The van der Waals surface area contributed by atoms with Crippen LogP contribution in [0.5, 0.6) is 0 Å². The Morgan fingerprint density at radius 2 is 1.61 bits per heavy atom. The van der Waals surface area contributed by atoms with Crippen molar-refractivity contribution in [1.82, 2.24) is 9.80 Å². The van der Waals surface area contributed by atoms with Gasteiger partial charge in [0.2, 0.25) is 11.8 Å². The number of carbonyl (C=O) groups is 2. The average molecular weight is 378 g/mol. The number of benzene rings is 2. The van der Waals surface area contributed by atoms with Crippen LogP contribution in [-0.2, 0) is 16.0 Å². The molecule has 2 saturated heterocycles. The smallest absolute Gasteiger partial charge is 0.244 e. The van der Waals surface area contributed by atoms with E-state index in [9.17, 15) is 9.59 Å². The number of carbonyl (C=O) groups excluding carboxylic acids is 2. The van der Waals surface area contributed by atoms with Gasteiger partial charge in [0, 0.05) is 44.1 Å². The Hall–Kier alpha value is -2.86. The highest BCUT2D eigenvalue weighted by molar-refractivity contribution is 5.99. The molecular weight excluding hydrogens is 352 g/mol. The molecule has 2 aliphatic heterocycles. The number of piperazine rings is 1. The zero-order valence-electron chi connectivity index (χ0n) is 16.0. The molecule has 0 spiro atoms. The summed E-state index contributed by atoms with van der Waals surface area (Å²) in [6.07, 6.45) is 1.23. The second kappa shape index (κ2) is 8.02. The summed E-state index contributed by atoms with van der Waals surface area (Å²) in [4.78, 5) is 31.5. The predicted octanol–water partition coefficient (Wildman–Crippen LogP) is 1.76. The number of anilines is 2. The van der Waals surface area contributed by atoms with Gasteiger partial charge in [0.25, 0.3) is 0 Å². The molecule has 0 radical (unpaired) electrons. The molecule has 2 N–H and O–H groups in total. The van der Waals surface area contributed by atoms with Crippen molar-refractivity contribution in [1.29, 1.82) is 0 Å². The van der Waals surface area contributed by atoms with Crippen LogP contribution in [0.1, 0.15) is 12.0 Å². The predicted molar refractivity (Wildman–Crippen MR) is 110 cm³/mol. The zero-order valence-corrected chi connectivity index (χ0v) is 16.0. The third-order valence-corrected chi connectivity index (χ3v) is 5.69. The molecule has 4 rings (SSSR count). The molecule has 1 atom stereocenters. The first-order chi connectivity index (χ1) is 13.6. The summed E-state index contributed by atoms with van der Waals surface area (Å²) in [7, 11) is 0. The van der Waals surface area contributed by atoms with Crippen molar-refractivity contribution in [3.05, 3.63) is 60.2 Å². The lowest BCUT2D eigenvalue weighted by Gasteiger charge is -2.37. The Morgan fingerprint density at radius 1 is 0.929 bits per heavy atom. The summed E-state index contributed by atoms with van der Waals surface area (Å²) >= 11 is 0. The van der Waals surface area contributed by atoms with Crippen LogP contribution in [0.3, 0.4) is 0 Å². The fourth-order valence-electron chi connectivity index (χ4n) is 4.07. The molecule has 6 nitrogen and oxygen atoms in total. The molecule has 2 aromatic carbocycles. The second-order valence-electron chi connectivity index (χ2n) is 7.47. The van der Waals surface area contributed by atoms with Gasteiger partial charge in [0.1, 0.15) is 0 Å². The minimum absolute atomic E-state index is 0.0745. The third-order valence-electron chi connectivity index (χ3n) is 5.69. The maximum Gasteiger partial charge on any atom is 0.244 e. The van der Waals surface area contributed by atoms with E-state index < -0.39 is 0 Å². The van der Waals surface area contributed by atoms with Crippen LogP contribution in [0.25, 0.3) is 0 Å². The molecule has 2 fully saturated rings. The fraction of sp³-hybridized carbons (Fsp3) is 0.364. The maximum absolute atomic E-state index is 12.9. The minimum Gasteiger partial charge on any atom is -0.399 e. The highest BCUT2D eigenvalue weighted by Crippen LogP contribution is 2.25. The Labute approximate surface area is 165 Å². The van der Waals surface area contributed by atoms with Crippen molar-refractivity contribution in [3.63, 3.8) is 0 Å². The van der Waals surface area contributed by atoms with Gasteiger partial charge in [-0.05, 0) is 36.2 Å². The molecule has 0 aromatic heterocycles. The lowest BCUT2D eigenvalue weighted by molar-refractivity contribution is -0.133. The van der Waals surface area contributed by atoms with Crippen LogP contribution in [0.2, 0.25) is 0 Å². The van der Waals surface area contributed by atoms with Gasteiger partial charge in [-0.15, -0.1) is 0 Å². The Kier molecular flexibility index (Phi) is 5.30. The van der Waals surface area contributed by atoms with E-state index in [2.05, 4.69) is 4.90 Å². The molecule has 2 heterocycles. The number of rotatable bonds is 4. The van der Waals surface area contributed by atoms with Gasteiger partial charge in [0.05, 0.1) is 12.5 Å². The standard InChI is InChI=1S/C22H26N4O2/c23-18-8-6-17(7-9-18)16-21(27)25-14-12-24(13-15-25)20-10-11-26(22(20)28)19-4-2-1-3-5-19/h1-9,20H,10-16,23H2. The summed E-state index contributed by atoms with van der Waals surface area (Å²) < 4.78 is 0. The summed E-state index contributed by atoms with van der Waals surface area (Å²) in [5.41, 5.74) is 8.35. The van der Waals surface area contributed by atoms with Crippen molar-refractivity contribution < 1.29 is 9.59 Å². The minimum atomic E-state index is -0.0745. The van der Waals surface area contributed by atoms with Gasteiger partial charge in [0.15, 0.2) is 0 Å². The van der Waals surface area contributed by atoms with Gasteiger partial charge < -0.3 is 15.5 Å². The van der Waals surface area contributed by atoms with Gasteiger partial charge in [-0.25, -0.2) is 0 Å². The summed E-state index contributed by atoms with van der Waals surface area (Å²) in [6, 6.07) is 17.2. The molecule has 28 heavy (non-hydrogen) atoms. The highest BCUT2D eigenvalue weighted by atomic mass is 16.2. The molecule has 1 unspecified atom stereocenters. The van der Waals surface area contributed by atoms with Crippen LogP contribution in [-0.4, -0.2) is 60.4 Å². The Balaban J connectivity index is 1.31. The van der Waals surface area contributed by atoms with Gasteiger partial charge in [-0.1, -0.05) is 30.3 Å². The van der Waals surface area contributed by atoms with E-state index in [0.717, 1.165) is 37.3 Å². The van der Waals surface area contributed by atoms with Crippen molar-refractivity contribution >= 4 is 23.2 Å². The molecule has 2 amide bonds. The summed E-state index contributed by atoms with van der Waals surface area (Å²) in [5.74, 6) is 0.306. The third kappa shape index (κ3) is 3.87. The molecule has 2 aliphatic rings. The van der Waals surface area contributed by atoms with E-state index in [0.29, 0.717) is 25.2 Å². The molecule has 6 heteroatoms. The lowest BCUT2D eigenvalue weighted by atomic mass is 10.1. The van der Waals surface area contributed by atoms with Crippen LogP contribution < -0.4 is 10.6 Å². The van der Waals surface area contributed by atoms with Crippen LogP contribution >= 0.6 is 0 Å². The SMILES string of the molecule is Nc1ccc(CC(=O)N2CCN(C3CCN(c4ccccc4)C3=O)CC2)cc1. The van der Waals surface area contributed by atoms with Crippen molar-refractivity contribution in [2.24, 2.45) is 0 Å². The average Bonchev–Trinajstić information content (AvgIpc) is 3.12. The van der Waals surface area contributed by atoms with E-state index in [1.54, 1.807) is 0 Å². The topological polar surface area (TPSA) is 69.9 Å². The number of hydrogen-bond donors (Lipinski definition) is 1. The quantitative estimate of drug-likeness (QED) is 0.823. The summed E-state index contributed by atoms with van der Waals surface area (Å²) in [6.45, 7) is 3.58. The van der Waals surface area contributed by atoms with Gasteiger partial charge >= 0.3 is 0 Å². The van der Waals surface area contributed by atoms with Crippen LogP contribution in [0, 0.1) is 0 Å².